The van der Waals surface area contributed by atoms with Crippen LogP contribution in [-0.4, -0.2) is 22.9 Å². The summed E-state index contributed by atoms with van der Waals surface area (Å²) < 4.78 is 0. The van der Waals surface area contributed by atoms with Gasteiger partial charge in [0, 0.05) is 17.6 Å². The van der Waals surface area contributed by atoms with Gasteiger partial charge in [0.2, 0.25) is 5.91 Å². The molecule has 0 aromatic heterocycles. The number of hydrogen-bond acceptors (Lipinski definition) is 2. The molecule has 1 amide bonds. The first-order chi connectivity index (χ1) is 9.61. The van der Waals surface area contributed by atoms with Gasteiger partial charge in [-0.1, -0.05) is 43.5 Å². The highest BCUT2D eigenvalue weighted by molar-refractivity contribution is 6.30. The summed E-state index contributed by atoms with van der Waals surface area (Å²) in [5, 5.41) is 0.720. The Morgan fingerprint density at radius 1 is 1.40 bits per heavy atom. The van der Waals surface area contributed by atoms with Crippen LogP contribution in [-0.2, 0) is 11.3 Å². The van der Waals surface area contributed by atoms with Gasteiger partial charge < -0.3 is 10.6 Å². The Balaban J connectivity index is 1.99. The third-order valence-electron chi connectivity index (χ3n) is 3.72. The van der Waals surface area contributed by atoms with E-state index in [2.05, 4.69) is 6.92 Å². The van der Waals surface area contributed by atoms with E-state index in [0.717, 1.165) is 42.7 Å². The van der Waals surface area contributed by atoms with E-state index < -0.39 is 0 Å². The van der Waals surface area contributed by atoms with E-state index >= 15 is 0 Å². The van der Waals surface area contributed by atoms with Crippen LogP contribution in [0.2, 0.25) is 5.02 Å². The lowest BCUT2D eigenvalue weighted by atomic mass is 10.1. The summed E-state index contributed by atoms with van der Waals surface area (Å²) in [6, 6.07) is 7.70. The van der Waals surface area contributed by atoms with Crippen molar-refractivity contribution >= 4 is 17.5 Å². The van der Waals surface area contributed by atoms with Gasteiger partial charge in [-0.05, 0) is 37.0 Å². The number of unbranched alkanes of at least 4 members (excludes halogenated alkanes) is 1. The Bertz CT molecular complexity index is 442. The topological polar surface area (TPSA) is 46.3 Å². The van der Waals surface area contributed by atoms with Crippen molar-refractivity contribution in [3.05, 3.63) is 34.9 Å². The smallest absolute Gasteiger partial charge is 0.240 e. The predicted molar refractivity (Wildman–Crippen MR) is 82.5 cm³/mol. The molecule has 1 aliphatic rings. The van der Waals surface area contributed by atoms with Crippen LogP contribution < -0.4 is 5.73 Å². The molecular formula is C16H23ClN2O. The number of rotatable bonds is 7. The van der Waals surface area contributed by atoms with Gasteiger partial charge in [-0.15, -0.1) is 0 Å². The fourth-order valence-corrected chi connectivity index (χ4v) is 2.45. The highest BCUT2D eigenvalue weighted by Crippen LogP contribution is 2.29. The first kappa shape index (κ1) is 15.3. The van der Waals surface area contributed by atoms with Crippen molar-refractivity contribution < 1.29 is 4.79 Å². The summed E-state index contributed by atoms with van der Waals surface area (Å²) in [4.78, 5) is 14.4. The maximum atomic E-state index is 12.5. The summed E-state index contributed by atoms with van der Waals surface area (Å²) >= 11 is 5.89. The number of nitrogens with two attached hydrogens (primary N) is 1. The number of halogens is 1. The Morgan fingerprint density at radius 3 is 2.60 bits per heavy atom. The van der Waals surface area contributed by atoms with Gasteiger partial charge in [-0.25, -0.2) is 0 Å². The van der Waals surface area contributed by atoms with Crippen molar-refractivity contribution in [2.24, 2.45) is 5.73 Å². The van der Waals surface area contributed by atoms with Crippen LogP contribution in [0.5, 0.6) is 0 Å². The zero-order valence-corrected chi connectivity index (χ0v) is 12.8. The number of amides is 1. The van der Waals surface area contributed by atoms with Gasteiger partial charge in [0.25, 0.3) is 0 Å². The van der Waals surface area contributed by atoms with E-state index in [9.17, 15) is 4.79 Å². The molecule has 0 bridgehead atoms. The highest BCUT2D eigenvalue weighted by atomic mass is 35.5. The van der Waals surface area contributed by atoms with Crippen molar-refractivity contribution in [1.82, 2.24) is 4.90 Å². The van der Waals surface area contributed by atoms with Gasteiger partial charge in [0.05, 0.1) is 6.04 Å². The second kappa shape index (κ2) is 7.09. The fourth-order valence-electron chi connectivity index (χ4n) is 2.32. The quantitative estimate of drug-likeness (QED) is 0.838. The van der Waals surface area contributed by atoms with Crippen molar-refractivity contribution in [2.75, 3.05) is 0 Å². The lowest BCUT2D eigenvalue weighted by molar-refractivity contribution is -0.134. The van der Waals surface area contributed by atoms with Crippen LogP contribution in [0.15, 0.2) is 24.3 Å². The standard InChI is InChI=1S/C16H23ClN2O/c1-2-3-4-15(18)16(20)19(14-9-10-14)11-12-5-7-13(17)8-6-12/h5-8,14-15H,2-4,9-11,18H2,1H3/t15-/m0/s1. The number of nitrogens with zero attached hydrogens (tertiary/aromatic N) is 1. The molecule has 0 aliphatic heterocycles. The number of carbonyl (C=O) groups is 1. The predicted octanol–water partition coefficient (Wildman–Crippen LogP) is 3.35. The summed E-state index contributed by atoms with van der Waals surface area (Å²) in [5.74, 6) is 0.0934. The molecule has 1 aromatic rings. The maximum absolute atomic E-state index is 12.5. The molecule has 2 N–H and O–H groups in total. The Hall–Kier alpha value is -1.06. The molecule has 3 nitrogen and oxygen atoms in total. The number of benzene rings is 1. The third-order valence-corrected chi connectivity index (χ3v) is 3.97. The van der Waals surface area contributed by atoms with Crippen LogP contribution in [0.25, 0.3) is 0 Å². The normalized spacial score (nSPS) is 15.9. The molecule has 4 heteroatoms. The van der Waals surface area contributed by atoms with Crippen LogP contribution in [0.4, 0.5) is 0 Å². The molecule has 2 rings (SSSR count). The van der Waals surface area contributed by atoms with Crippen LogP contribution in [0.1, 0.15) is 44.6 Å². The molecule has 0 heterocycles. The fraction of sp³-hybridized carbons (Fsp3) is 0.562. The van der Waals surface area contributed by atoms with Crippen molar-refractivity contribution in [2.45, 2.75) is 57.7 Å². The zero-order chi connectivity index (χ0) is 14.5. The highest BCUT2D eigenvalue weighted by Gasteiger charge is 2.34. The average molecular weight is 295 g/mol. The van der Waals surface area contributed by atoms with Gasteiger partial charge in [-0.2, -0.15) is 0 Å². The van der Waals surface area contributed by atoms with Gasteiger partial charge in [-0.3, -0.25) is 4.79 Å². The SMILES string of the molecule is CCCC[C@H](N)C(=O)N(Cc1ccc(Cl)cc1)C1CC1. The van der Waals surface area contributed by atoms with Crippen LogP contribution in [0.3, 0.4) is 0 Å². The molecule has 0 spiro atoms. The molecule has 1 atom stereocenters. The maximum Gasteiger partial charge on any atom is 0.240 e. The number of hydrogen-bond donors (Lipinski definition) is 1. The van der Waals surface area contributed by atoms with Crippen LogP contribution >= 0.6 is 11.6 Å². The van der Waals surface area contributed by atoms with Gasteiger partial charge in [0.15, 0.2) is 0 Å². The van der Waals surface area contributed by atoms with Crippen molar-refractivity contribution in [3.8, 4) is 0 Å². The monoisotopic (exact) mass is 294 g/mol. The number of carbonyl (C=O) groups excluding carboxylic acids is 1. The zero-order valence-electron chi connectivity index (χ0n) is 12.0. The average Bonchev–Trinajstić information content (AvgIpc) is 3.28. The first-order valence-electron chi connectivity index (χ1n) is 7.42. The Kier molecular flexibility index (Phi) is 5.44. The molecule has 20 heavy (non-hydrogen) atoms. The molecule has 0 radical (unpaired) electrons. The van der Waals surface area contributed by atoms with Gasteiger partial charge >= 0.3 is 0 Å². The second-order valence-corrected chi connectivity index (χ2v) is 6.01. The van der Waals surface area contributed by atoms with E-state index in [-0.39, 0.29) is 11.9 Å². The van der Waals surface area contributed by atoms with E-state index in [1.54, 1.807) is 0 Å². The van der Waals surface area contributed by atoms with Crippen molar-refractivity contribution in [1.29, 1.82) is 0 Å². The molecule has 1 aromatic carbocycles. The lowest BCUT2D eigenvalue weighted by Gasteiger charge is -2.26. The lowest BCUT2D eigenvalue weighted by Crippen LogP contribution is -2.44. The Morgan fingerprint density at radius 2 is 2.05 bits per heavy atom. The molecular weight excluding hydrogens is 272 g/mol. The molecule has 1 fully saturated rings. The third kappa shape index (κ3) is 4.22. The second-order valence-electron chi connectivity index (χ2n) is 5.57. The molecule has 1 saturated carbocycles. The van der Waals surface area contributed by atoms with E-state index in [1.165, 1.54) is 0 Å². The molecule has 0 saturated heterocycles. The van der Waals surface area contributed by atoms with E-state index in [0.29, 0.717) is 12.6 Å². The minimum absolute atomic E-state index is 0.0934. The van der Waals surface area contributed by atoms with Crippen LogP contribution in [0, 0.1) is 0 Å². The van der Waals surface area contributed by atoms with E-state index in [4.69, 9.17) is 17.3 Å². The first-order valence-corrected chi connectivity index (χ1v) is 7.80. The summed E-state index contributed by atoms with van der Waals surface area (Å²) in [7, 11) is 0. The van der Waals surface area contributed by atoms with Gasteiger partial charge in [0.1, 0.15) is 0 Å². The van der Waals surface area contributed by atoms with Crippen molar-refractivity contribution in [3.63, 3.8) is 0 Å². The minimum atomic E-state index is -0.358. The summed E-state index contributed by atoms with van der Waals surface area (Å²) in [6.45, 7) is 2.75. The Labute approximate surface area is 126 Å². The minimum Gasteiger partial charge on any atom is -0.334 e. The molecule has 110 valence electrons. The summed E-state index contributed by atoms with van der Waals surface area (Å²) in [6.07, 6.45) is 5.05. The largest absolute Gasteiger partial charge is 0.334 e. The molecule has 1 aliphatic carbocycles. The molecule has 0 unspecified atom stereocenters. The summed E-state index contributed by atoms with van der Waals surface area (Å²) in [5.41, 5.74) is 7.14. The van der Waals surface area contributed by atoms with E-state index in [1.807, 2.05) is 29.2 Å².